The van der Waals surface area contributed by atoms with E-state index in [0.717, 1.165) is 11.7 Å². The van der Waals surface area contributed by atoms with E-state index in [4.69, 9.17) is 4.74 Å². The predicted octanol–water partition coefficient (Wildman–Crippen LogP) is 7.42. The van der Waals surface area contributed by atoms with E-state index in [1.165, 1.54) is 43.2 Å². The molecule has 4 rings (SSSR count). The van der Waals surface area contributed by atoms with Crippen LogP contribution in [0.1, 0.15) is 88.5 Å². The van der Waals surface area contributed by atoms with Crippen LogP contribution >= 0.6 is 0 Å². The smallest absolute Gasteiger partial charge is 0.123 e. The van der Waals surface area contributed by atoms with E-state index in [-0.39, 0.29) is 5.41 Å². The molecule has 0 heterocycles. The number of hydrogen-bond donors (Lipinski definition) is 0. The quantitative estimate of drug-likeness (QED) is 0.539. The third-order valence-electron chi connectivity index (χ3n) is 7.64. The van der Waals surface area contributed by atoms with Crippen LogP contribution in [0.25, 0.3) is 0 Å². The van der Waals surface area contributed by atoms with Gasteiger partial charge in [0.1, 0.15) is 12.4 Å². The molecule has 0 saturated heterocycles. The Morgan fingerprint density at radius 2 is 1.79 bits per heavy atom. The van der Waals surface area contributed by atoms with Gasteiger partial charge in [-0.2, -0.15) is 0 Å². The van der Waals surface area contributed by atoms with Crippen LogP contribution in [-0.4, -0.2) is 0 Å². The van der Waals surface area contributed by atoms with Gasteiger partial charge < -0.3 is 4.74 Å². The largest absolute Gasteiger partial charge is 0.489 e. The third-order valence-corrected chi connectivity index (χ3v) is 7.64. The van der Waals surface area contributed by atoms with E-state index >= 15 is 0 Å². The Morgan fingerprint density at radius 3 is 2.50 bits per heavy atom. The topological polar surface area (TPSA) is 9.23 Å². The van der Waals surface area contributed by atoms with Crippen LogP contribution in [0.5, 0.6) is 5.75 Å². The Bertz CT molecular complexity index is 833. The van der Waals surface area contributed by atoms with E-state index in [2.05, 4.69) is 77.1 Å². The zero-order valence-corrected chi connectivity index (χ0v) is 18.3. The highest BCUT2D eigenvalue weighted by Gasteiger charge is 2.49. The van der Waals surface area contributed by atoms with Gasteiger partial charge >= 0.3 is 0 Å². The van der Waals surface area contributed by atoms with Crippen molar-refractivity contribution in [3.05, 3.63) is 64.7 Å². The molecule has 0 radical (unpaired) electrons. The first kappa shape index (κ1) is 19.6. The summed E-state index contributed by atoms with van der Waals surface area (Å²) in [6.07, 6.45) is 6.57. The van der Waals surface area contributed by atoms with Gasteiger partial charge in [-0.15, -0.1) is 0 Å². The minimum Gasteiger partial charge on any atom is -0.489 e. The zero-order chi connectivity index (χ0) is 19.9. The Kier molecular flexibility index (Phi) is 5.06. The molecule has 0 amide bonds. The van der Waals surface area contributed by atoms with Crippen molar-refractivity contribution in [2.75, 3.05) is 0 Å². The normalized spacial score (nSPS) is 25.9. The van der Waals surface area contributed by atoms with Crippen molar-refractivity contribution in [2.24, 2.45) is 11.3 Å². The molecular formula is C27H36O. The highest BCUT2D eigenvalue weighted by atomic mass is 16.5. The van der Waals surface area contributed by atoms with Crippen molar-refractivity contribution in [2.45, 2.75) is 84.7 Å². The number of aryl methyl sites for hydroxylation is 1. The van der Waals surface area contributed by atoms with E-state index in [0.29, 0.717) is 17.9 Å². The summed E-state index contributed by atoms with van der Waals surface area (Å²) in [6, 6.07) is 15.4. The monoisotopic (exact) mass is 376 g/mol. The molecule has 1 saturated carbocycles. The minimum absolute atomic E-state index is 0.287. The summed E-state index contributed by atoms with van der Waals surface area (Å²) in [5, 5.41) is 0. The summed E-state index contributed by atoms with van der Waals surface area (Å²) < 4.78 is 6.43. The van der Waals surface area contributed by atoms with Crippen molar-refractivity contribution in [1.82, 2.24) is 0 Å². The Hall–Kier alpha value is -1.76. The molecule has 2 aromatic carbocycles. The Balaban J connectivity index is 1.73. The number of rotatable bonds is 4. The van der Waals surface area contributed by atoms with E-state index < -0.39 is 0 Å². The number of fused-ring (bicyclic) bond motifs is 3. The molecule has 0 bridgehead atoms. The molecule has 1 heteroatoms. The van der Waals surface area contributed by atoms with Crippen molar-refractivity contribution in [1.29, 1.82) is 0 Å². The summed E-state index contributed by atoms with van der Waals surface area (Å²) >= 11 is 0. The summed E-state index contributed by atoms with van der Waals surface area (Å²) in [5.41, 5.74) is 6.48. The fourth-order valence-corrected chi connectivity index (χ4v) is 6.15. The lowest BCUT2D eigenvalue weighted by Crippen LogP contribution is -2.47. The van der Waals surface area contributed by atoms with Crippen LogP contribution in [0.4, 0.5) is 0 Å². The van der Waals surface area contributed by atoms with Crippen molar-refractivity contribution < 1.29 is 4.74 Å². The summed E-state index contributed by atoms with van der Waals surface area (Å²) in [5.74, 6) is 2.35. The predicted molar refractivity (Wildman–Crippen MR) is 118 cm³/mol. The lowest BCUT2D eigenvalue weighted by Gasteiger charge is -2.54. The molecule has 150 valence electrons. The van der Waals surface area contributed by atoms with Gasteiger partial charge in [0.05, 0.1) is 0 Å². The molecule has 2 aromatic rings. The number of hydrogen-bond acceptors (Lipinski definition) is 1. The molecule has 0 N–H and O–H groups in total. The maximum Gasteiger partial charge on any atom is 0.123 e. The number of benzene rings is 2. The Labute approximate surface area is 171 Å². The highest BCUT2D eigenvalue weighted by molar-refractivity contribution is 5.49. The van der Waals surface area contributed by atoms with Crippen LogP contribution in [-0.2, 0) is 18.4 Å². The van der Waals surface area contributed by atoms with Crippen LogP contribution in [0.2, 0.25) is 0 Å². The van der Waals surface area contributed by atoms with Gasteiger partial charge in [-0.3, -0.25) is 0 Å². The van der Waals surface area contributed by atoms with Crippen LogP contribution in [0, 0.1) is 11.3 Å². The van der Waals surface area contributed by atoms with Crippen molar-refractivity contribution in [3.63, 3.8) is 0 Å². The third kappa shape index (κ3) is 3.38. The molecule has 2 aliphatic carbocycles. The molecule has 2 atom stereocenters. The first-order valence-corrected chi connectivity index (χ1v) is 11.2. The van der Waals surface area contributed by atoms with Crippen molar-refractivity contribution >= 4 is 0 Å². The lowest BCUT2D eigenvalue weighted by atomic mass is 9.50. The van der Waals surface area contributed by atoms with E-state index in [9.17, 15) is 0 Å². The second-order valence-electron chi connectivity index (χ2n) is 10.3. The molecule has 2 aliphatic rings. The fraction of sp³-hybridized carbons (Fsp3) is 0.556. The second kappa shape index (κ2) is 7.25. The molecule has 0 unspecified atom stereocenters. The molecule has 28 heavy (non-hydrogen) atoms. The van der Waals surface area contributed by atoms with Gasteiger partial charge in [0.2, 0.25) is 0 Å². The molecular weight excluding hydrogens is 340 g/mol. The van der Waals surface area contributed by atoms with Gasteiger partial charge in [-0.05, 0) is 76.7 Å². The summed E-state index contributed by atoms with van der Waals surface area (Å²) in [7, 11) is 0. The average Bonchev–Trinajstić information content (AvgIpc) is 2.66. The summed E-state index contributed by atoms with van der Waals surface area (Å²) in [4.78, 5) is 0. The second-order valence-corrected chi connectivity index (χ2v) is 10.3. The van der Waals surface area contributed by atoms with Gasteiger partial charge in [0.15, 0.2) is 0 Å². The maximum atomic E-state index is 6.43. The first-order valence-electron chi connectivity index (χ1n) is 11.2. The first-order chi connectivity index (χ1) is 13.3. The van der Waals surface area contributed by atoms with E-state index in [1.807, 2.05) is 0 Å². The van der Waals surface area contributed by atoms with Crippen LogP contribution in [0.3, 0.4) is 0 Å². The maximum absolute atomic E-state index is 6.43. The molecule has 0 spiro atoms. The van der Waals surface area contributed by atoms with E-state index in [1.54, 1.807) is 11.1 Å². The molecule has 1 nitrogen and oxygen atoms in total. The van der Waals surface area contributed by atoms with Gasteiger partial charge in [-0.1, -0.05) is 77.4 Å². The number of ether oxygens (including phenoxy) is 1. The SMILES string of the molecule is CC(C)c1cc2c(cc1OCc1ccccc1)[C@@]1(C)CCCC(C)(C)[C@@H]1CC2. The van der Waals surface area contributed by atoms with Gasteiger partial charge in [0, 0.05) is 0 Å². The van der Waals surface area contributed by atoms with Gasteiger partial charge in [-0.25, -0.2) is 0 Å². The molecule has 0 aromatic heterocycles. The van der Waals surface area contributed by atoms with Crippen molar-refractivity contribution in [3.8, 4) is 5.75 Å². The Morgan fingerprint density at radius 1 is 1.04 bits per heavy atom. The fourth-order valence-electron chi connectivity index (χ4n) is 6.15. The standard InChI is InChI=1S/C27H36O/c1-19(2)22-16-21-12-13-25-26(3,4)14-9-15-27(25,5)23(21)17-24(22)28-18-20-10-7-6-8-11-20/h6-8,10-11,16-17,19,25H,9,12-15,18H2,1-5H3/t25-,27+/m0/s1. The zero-order valence-electron chi connectivity index (χ0n) is 18.3. The van der Waals surface area contributed by atoms with Gasteiger partial charge in [0.25, 0.3) is 0 Å². The highest BCUT2D eigenvalue weighted by Crippen LogP contribution is 2.57. The van der Waals surface area contributed by atoms with Crippen LogP contribution in [0.15, 0.2) is 42.5 Å². The summed E-state index contributed by atoms with van der Waals surface area (Å²) in [6.45, 7) is 12.7. The minimum atomic E-state index is 0.287. The molecule has 0 aliphatic heterocycles. The lowest BCUT2D eigenvalue weighted by molar-refractivity contribution is 0.0405. The van der Waals surface area contributed by atoms with Crippen LogP contribution < -0.4 is 4.74 Å². The molecule has 1 fully saturated rings. The average molecular weight is 377 g/mol.